The number of carbonyl (C=O) groups excluding carboxylic acids is 1. The molecular formula is C11H17N5O3. The summed E-state index contributed by atoms with van der Waals surface area (Å²) in [6.45, 7) is 4.49. The normalized spacial score (nSPS) is 10.4. The zero-order chi connectivity index (χ0) is 14.6. The Morgan fingerprint density at radius 1 is 1.63 bits per heavy atom. The highest BCUT2D eigenvalue weighted by atomic mass is 16.6. The van der Waals surface area contributed by atoms with Gasteiger partial charge in [0, 0.05) is 13.6 Å². The molecule has 0 bridgehead atoms. The molecule has 1 amide bonds. The van der Waals surface area contributed by atoms with E-state index in [2.05, 4.69) is 10.4 Å². The number of hydrogen-bond acceptors (Lipinski definition) is 6. The maximum atomic E-state index is 12.2. The summed E-state index contributed by atoms with van der Waals surface area (Å²) in [7, 11) is 1.63. The predicted molar refractivity (Wildman–Crippen MR) is 70.5 cm³/mol. The van der Waals surface area contributed by atoms with Gasteiger partial charge in [-0.3, -0.25) is 10.6 Å². The van der Waals surface area contributed by atoms with Crippen LogP contribution in [0.3, 0.4) is 0 Å². The number of hydrazine groups is 1. The molecule has 1 aromatic rings. The molecule has 0 radical (unpaired) electrons. The fourth-order valence-electron chi connectivity index (χ4n) is 1.67. The van der Waals surface area contributed by atoms with Crippen LogP contribution in [0, 0.1) is 16.0 Å². The van der Waals surface area contributed by atoms with Crippen LogP contribution in [-0.4, -0.2) is 34.3 Å². The summed E-state index contributed by atoms with van der Waals surface area (Å²) in [4.78, 5) is 27.3. The molecule has 0 saturated carbocycles. The first kappa shape index (κ1) is 14.8. The van der Waals surface area contributed by atoms with Gasteiger partial charge in [-0.15, -0.1) is 0 Å². The minimum Gasteiger partial charge on any atom is -0.358 e. The van der Waals surface area contributed by atoms with Crippen LogP contribution >= 0.6 is 0 Å². The Bertz CT molecular complexity index is 489. The van der Waals surface area contributed by atoms with E-state index in [9.17, 15) is 14.9 Å². The van der Waals surface area contributed by atoms with Gasteiger partial charge in [0.1, 0.15) is 5.69 Å². The Morgan fingerprint density at radius 3 is 2.74 bits per heavy atom. The quantitative estimate of drug-likeness (QED) is 0.467. The molecule has 0 aliphatic rings. The second-order valence-electron chi connectivity index (χ2n) is 4.57. The fraction of sp³-hybridized carbons (Fsp3) is 0.455. The van der Waals surface area contributed by atoms with Gasteiger partial charge in [-0.1, -0.05) is 13.8 Å². The van der Waals surface area contributed by atoms with Crippen LogP contribution in [0.15, 0.2) is 12.3 Å². The Hall–Kier alpha value is -2.22. The minimum atomic E-state index is -0.653. The van der Waals surface area contributed by atoms with Gasteiger partial charge in [-0.2, -0.15) is 0 Å². The lowest BCUT2D eigenvalue weighted by Gasteiger charge is -2.20. The topological polar surface area (TPSA) is 114 Å². The first-order valence-corrected chi connectivity index (χ1v) is 5.73. The summed E-state index contributed by atoms with van der Waals surface area (Å²) >= 11 is 0. The summed E-state index contributed by atoms with van der Waals surface area (Å²) in [5.74, 6) is 4.85. The van der Waals surface area contributed by atoms with E-state index in [4.69, 9.17) is 5.84 Å². The standard InChI is InChI=1S/C11H17N5O3/c1-7(2)6-15(3)11(17)8-4-10(16(18)19)13-5-9(8)14-12/h4-5,7,14H,6,12H2,1-3H3. The van der Waals surface area contributed by atoms with Crippen LogP contribution in [0.5, 0.6) is 0 Å². The molecule has 0 atom stereocenters. The molecule has 0 aromatic carbocycles. The highest BCUT2D eigenvalue weighted by Crippen LogP contribution is 2.20. The summed E-state index contributed by atoms with van der Waals surface area (Å²) in [6, 6.07) is 1.12. The lowest BCUT2D eigenvalue weighted by Crippen LogP contribution is -2.31. The molecule has 0 fully saturated rings. The SMILES string of the molecule is CC(C)CN(C)C(=O)c1cc([N+](=O)[O-])ncc1NN. The number of anilines is 1. The van der Waals surface area contributed by atoms with E-state index >= 15 is 0 Å². The van der Waals surface area contributed by atoms with E-state index in [-0.39, 0.29) is 23.0 Å². The second-order valence-corrected chi connectivity index (χ2v) is 4.57. The van der Waals surface area contributed by atoms with E-state index in [1.54, 1.807) is 7.05 Å². The van der Waals surface area contributed by atoms with E-state index in [0.29, 0.717) is 12.5 Å². The van der Waals surface area contributed by atoms with Crippen LogP contribution in [0.25, 0.3) is 0 Å². The van der Waals surface area contributed by atoms with Crippen molar-refractivity contribution in [3.63, 3.8) is 0 Å². The van der Waals surface area contributed by atoms with E-state index in [0.717, 1.165) is 6.07 Å². The number of nitrogens with zero attached hydrogens (tertiary/aromatic N) is 3. The smallest absolute Gasteiger partial charge is 0.358 e. The van der Waals surface area contributed by atoms with Crippen LogP contribution in [-0.2, 0) is 0 Å². The number of aromatic nitrogens is 1. The second kappa shape index (κ2) is 6.10. The highest BCUT2D eigenvalue weighted by Gasteiger charge is 2.21. The number of rotatable bonds is 5. The Morgan fingerprint density at radius 2 is 2.26 bits per heavy atom. The maximum absolute atomic E-state index is 12.2. The number of nitrogens with two attached hydrogens (primary N) is 1. The third kappa shape index (κ3) is 3.62. The monoisotopic (exact) mass is 267 g/mol. The van der Waals surface area contributed by atoms with Crippen molar-refractivity contribution in [2.45, 2.75) is 13.8 Å². The first-order valence-electron chi connectivity index (χ1n) is 5.73. The molecule has 1 rings (SSSR count). The van der Waals surface area contributed by atoms with Crippen molar-refractivity contribution in [1.29, 1.82) is 0 Å². The maximum Gasteiger partial charge on any atom is 0.364 e. The molecular weight excluding hydrogens is 250 g/mol. The van der Waals surface area contributed by atoms with Crippen LogP contribution in [0.2, 0.25) is 0 Å². The zero-order valence-corrected chi connectivity index (χ0v) is 11.1. The molecule has 8 heteroatoms. The Kier molecular flexibility index (Phi) is 4.76. The molecule has 3 N–H and O–H groups in total. The lowest BCUT2D eigenvalue weighted by molar-refractivity contribution is -0.389. The molecule has 0 spiro atoms. The number of nitrogen functional groups attached to an aromatic ring is 1. The molecule has 104 valence electrons. The number of carbonyl (C=O) groups is 1. The summed E-state index contributed by atoms with van der Waals surface area (Å²) < 4.78 is 0. The molecule has 8 nitrogen and oxygen atoms in total. The molecule has 19 heavy (non-hydrogen) atoms. The van der Waals surface area contributed by atoms with Crippen molar-refractivity contribution in [2.24, 2.45) is 11.8 Å². The van der Waals surface area contributed by atoms with E-state index < -0.39 is 4.92 Å². The van der Waals surface area contributed by atoms with Crippen LogP contribution in [0.4, 0.5) is 11.5 Å². The third-order valence-electron chi connectivity index (χ3n) is 2.45. The highest BCUT2D eigenvalue weighted by molar-refractivity contribution is 5.99. The van der Waals surface area contributed by atoms with Gasteiger partial charge in [0.05, 0.1) is 11.6 Å². The predicted octanol–water partition coefficient (Wildman–Crippen LogP) is 1.00. The summed E-state index contributed by atoms with van der Waals surface area (Å²) in [5.41, 5.74) is 2.71. The lowest BCUT2D eigenvalue weighted by atomic mass is 10.1. The average Bonchev–Trinajstić information content (AvgIpc) is 2.36. The van der Waals surface area contributed by atoms with Crippen molar-refractivity contribution in [3.8, 4) is 0 Å². The number of pyridine rings is 1. The molecule has 0 aliphatic heterocycles. The largest absolute Gasteiger partial charge is 0.364 e. The average molecular weight is 267 g/mol. The third-order valence-corrected chi connectivity index (χ3v) is 2.45. The van der Waals surface area contributed by atoms with Gasteiger partial charge in [0.15, 0.2) is 6.20 Å². The van der Waals surface area contributed by atoms with Crippen LogP contribution < -0.4 is 11.3 Å². The van der Waals surface area contributed by atoms with Crippen molar-refractivity contribution in [3.05, 3.63) is 27.9 Å². The Labute approximate surface area is 110 Å². The summed E-state index contributed by atoms with van der Waals surface area (Å²) in [6.07, 6.45) is 1.18. The molecule has 0 aliphatic carbocycles. The van der Waals surface area contributed by atoms with Crippen LogP contribution in [0.1, 0.15) is 24.2 Å². The molecule has 0 unspecified atom stereocenters. The van der Waals surface area contributed by atoms with Gasteiger partial charge >= 0.3 is 5.82 Å². The van der Waals surface area contributed by atoms with Gasteiger partial charge in [0.2, 0.25) is 0 Å². The Balaban J connectivity index is 3.12. The van der Waals surface area contributed by atoms with Gasteiger partial charge < -0.3 is 20.4 Å². The van der Waals surface area contributed by atoms with Gasteiger partial charge in [-0.05, 0) is 15.8 Å². The fourth-order valence-corrected chi connectivity index (χ4v) is 1.67. The number of hydrogen-bond donors (Lipinski definition) is 2. The first-order chi connectivity index (χ1) is 8.86. The number of amides is 1. The number of nitrogens with one attached hydrogen (secondary N) is 1. The number of nitro groups is 1. The van der Waals surface area contributed by atoms with Crippen molar-refractivity contribution in [1.82, 2.24) is 9.88 Å². The van der Waals surface area contributed by atoms with E-state index in [1.807, 2.05) is 13.8 Å². The van der Waals surface area contributed by atoms with Gasteiger partial charge in [0.25, 0.3) is 5.91 Å². The molecule has 1 heterocycles. The van der Waals surface area contributed by atoms with Gasteiger partial charge in [-0.25, -0.2) is 0 Å². The minimum absolute atomic E-state index is 0.132. The van der Waals surface area contributed by atoms with Crippen molar-refractivity contribution in [2.75, 3.05) is 19.0 Å². The van der Waals surface area contributed by atoms with E-state index in [1.165, 1.54) is 11.1 Å². The van der Waals surface area contributed by atoms with Crippen molar-refractivity contribution >= 4 is 17.4 Å². The molecule has 0 saturated heterocycles. The van der Waals surface area contributed by atoms with Crippen molar-refractivity contribution < 1.29 is 9.72 Å². The summed E-state index contributed by atoms with van der Waals surface area (Å²) in [5, 5.41) is 10.7. The zero-order valence-electron chi connectivity index (χ0n) is 11.1. The molecule has 1 aromatic heterocycles.